The van der Waals surface area contributed by atoms with E-state index in [1.54, 1.807) is 54.2 Å². The van der Waals surface area contributed by atoms with Crippen molar-refractivity contribution in [1.29, 1.82) is 0 Å². The highest BCUT2D eigenvalue weighted by atomic mass is 31.2. The number of hydrogen-bond acceptors (Lipinski definition) is 13. The van der Waals surface area contributed by atoms with Gasteiger partial charge < -0.3 is 53.8 Å². The Labute approximate surface area is 290 Å². The topological polar surface area (TPSA) is 195 Å². The lowest BCUT2D eigenvalue weighted by Gasteiger charge is -2.35. The molecule has 0 aliphatic heterocycles. The molecule has 0 heterocycles. The van der Waals surface area contributed by atoms with Crippen molar-refractivity contribution in [3.05, 3.63) is 29.8 Å². The predicted molar refractivity (Wildman–Crippen MR) is 181 cm³/mol. The number of nitrogens with zero attached hydrogens (tertiary/aromatic N) is 1. The summed E-state index contributed by atoms with van der Waals surface area (Å²) in [5.41, 5.74) is 0.643. The van der Waals surface area contributed by atoms with E-state index in [9.17, 15) is 23.8 Å². The van der Waals surface area contributed by atoms with Gasteiger partial charge in [0, 0.05) is 46.1 Å². The number of amides is 3. The summed E-state index contributed by atoms with van der Waals surface area (Å²) in [7, 11) is 0.455. The molecule has 16 nitrogen and oxygen atoms in total. The third-order valence-electron chi connectivity index (χ3n) is 6.81. The summed E-state index contributed by atoms with van der Waals surface area (Å²) < 4.78 is 49.0. The minimum Gasteiger partial charge on any atom is -0.769 e. The van der Waals surface area contributed by atoms with Gasteiger partial charge in [-0.3, -0.25) is 23.8 Å². The fourth-order valence-corrected chi connectivity index (χ4v) is 4.63. The normalized spacial score (nSPS) is 13.5. The van der Waals surface area contributed by atoms with Crippen LogP contribution in [-0.4, -0.2) is 147 Å². The Kier molecular flexibility index (Phi) is 22.9. The van der Waals surface area contributed by atoms with Crippen LogP contribution >= 0.6 is 7.60 Å². The van der Waals surface area contributed by atoms with Crippen molar-refractivity contribution in [2.24, 2.45) is 0 Å². The molecule has 0 saturated heterocycles. The zero-order chi connectivity index (χ0) is 36.5. The first-order valence-corrected chi connectivity index (χ1v) is 17.7. The molecule has 0 spiro atoms. The molecular weight excluding hydrogens is 663 g/mol. The maximum atomic E-state index is 13.7. The zero-order valence-electron chi connectivity index (χ0n) is 29.8. The van der Waals surface area contributed by atoms with Crippen molar-refractivity contribution in [3.63, 3.8) is 0 Å². The van der Waals surface area contributed by atoms with Crippen LogP contribution in [0.1, 0.15) is 26.3 Å². The monoisotopic (exact) mass is 719 g/mol. The van der Waals surface area contributed by atoms with Gasteiger partial charge in [0.1, 0.15) is 5.75 Å². The van der Waals surface area contributed by atoms with Gasteiger partial charge in [0.15, 0.2) is 7.60 Å². The van der Waals surface area contributed by atoms with E-state index in [2.05, 4.69) is 16.0 Å². The molecule has 0 aromatic heterocycles. The number of carbonyl (C=O) groups is 3. The van der Waals surface area contributed by atoms with E-state index in [0.717, 1.165) is 0 Å². The molecule has 0 fully saturated rings. The van der Waals surface area contributed by atoms with Gasteiger partial charge in [-0.2, -0.15) is 0 Å². The number of hydrogen-bond donors (Lipinski definition) is 3. The van der Waals surface area contributed by atoms with Gasteiger partial charge in [0.05, 0.1) is 78.6 Å². The number of carbonyl (C=O) groups excluding carboxylic acids is 3. The minimum absolute atomic E-state index is 0.0891. The summed E-state index contributed by atoms with van der Waals surface area (Å²) in [5.74, 6) is -1.13. The predicted octanol–water partition coefficient (Wildman–Crippen LogP) is -0.0320. The maximum Gasteiger partial charge on any atom is 0.237 e. The van der Waals surface area contributed by atoms with Crippen LogP contribution in [-0.2, 0) is 53.8 Å². The molecule has 0 radical (unpaired) electrons. The van der Waals surface area contributed by atoms with Crippen molar-refractivity contribution in [1.82, 2.24) is 20.9 Å². The number of ether oxygens (including phenoxy) is 6. The van der Waals surface area contributed by atoms with E-state index in [1.165, 1.54) is 17.0 Å². The molecule has 1 aromatic carbocycles. The molecule has 0 aliphatic carbocycles. The number of methoxy groups -OCH3 is 3. The first-order valence-electron chi connectivity index (χ1n) is 16.2. The highest BCUT2D eigenvalue weighted by Gasteiger charge is 2.30. The fraction of sp³-hybridized carbons (Fsp3) is 0.719. The number of nitrogens with one attached hydrogen (secondary N) is 3. The summed E-state index contributed by atoms with van der Waals surface area (Å²) >= 11 is 0. The van der Waals surface area contributed by atoms with Crippen LogP contribution in [0.4, 0.5) is 0 Å². The fourth-order valence-electron chi connectivity index (χ4n) is 3.95. The van der Waals surface area contributed by atoms with Crippen LogP contribution in [0.15, 0.2) is 24.3 Å². The lowest BCUT2D eigenvalue weighted by Crippen LogP contribution is -2.54. The lowest BCUT2D eigenvalue weighted by atomic mass is 10.0. The average molecular weight is 720 g/mol. The summed E-state index contributed by atoms with van der Waals surface area (Å²) in [6.07, 6.45) is 0.0891. The molecule has 0 saturated carbocycles. The van der Waals surface area contributed by atoms with Gasteiger partial charge >= 0.3 is 0 Å². The van der Waals surface area contributed by atoms with Crippen LogP contribution in [0, 0.1) is 0 Å². The molecular formula is C32H56N4O12P-. The lowest BCUT2D eigenvalue weighted by molar-refractivity contribution is -0.196. The van der Waals surface area contributed by atoms with Crippen LogP contribution in [0.3, 0.4) is 0 Å². The molecule has 17 heteroatoms. The molecule has 282 valence electrons. The van der Waals surface area contributed by atoms with E-state index in [-0.39, 0.29) is 64.7 Å². The van der Waals surface area contributed by atoms with Crippen molar-refractivity contribution in [3.8, 4) is 5.75 Å². The highest BCUT2D eigenvalue weighted by Crippen LogP contribution is 2.50. The SMILES string of the molecule is COCCOCCNC(=O)CN(CC(=O)NCCOCCOC)C(Cc1ccc(OP(=O)([O-])C(C)(C)C)cc1)C(=O)NCCOCCOC. The Morgan fingerprint density at radius 2 is 1.14 bits per heavy atom. The van der Waals surface area contributed by atoms with E-state index in [4.69, 9.17) is 32.9 Å². The Morgan fingerprint density at radius 3 is 1.55 bits per heavy atom. The first kappa shape index (κ1) is 44.4. The third kappa shape index (κ3) is 19.9. The van der Waals surface area contributed by atoms with Crippen molar-refractivity contribution < 1.29 is 56.8 Å². The van der Waals surface area contributed by atoms with Crippen molar-refractivity contribution in [2.45, 2.75) is 38.4 Å². The molecule has 3 amide bonds. The second-order valence-corrected chi connectivity index (χ2v) is 14.4. The summed E-state index contributed by atoms with van der Waals surface area (Å²) in [6.45, 7) is 7.79. The average Bonchev–Trinajstić information content (AvgIpc) is 3.04. The highest BCUT2D eigenvalue weighted by molar-refractivity contribution is 7.53. The Hall–Kier alpha value is -2.66. The largest absolute Gasteiger partial charge is 0.769 e. The van der Waals surface area contributed by atoms with Crippen molar-refractivity contribution >= 4 is 25.3 Å². The Morgan fingerprint density at radius 1 is 0.714 bits per heavy atom. The summed E-state index contributed by atoms with van der Waals surface area (Å²) in [4.78, 5) is 53.8. The van der Waals surface area contributed by atoms with E-state index in [1.807, 2.05) is 0 Å². The summed E-state index contributed by atoms with van der Waals surface area (Å²) in [6, 6.07) is 5.30. The molecule has 3 N–H and O–H groups in total. The van der Waals surface area contributed by atoms with Crippen LogP contribution in [0.25, 0.3) is 0 Å². The van der Waals surface area contributed by atoms with E-state index < -0.39 is 36.5 Å². The molecule has 2 atom stereocenters. The smallest absolute Gasteiger partial charge is 0.237 e. The van der Waals surface area contributed by atoms with Gasteiger partial charge in [-0.05, 0) is 24.1 Å². The standard InChI is InChI=1S/C32H57N4O12P/c1-32(2,3)49(40,41)48-27-9-7-26(8-10-27)23-28(31(39)35-13-16-47-22-19-44-6)36(24-29(37)33-11-14-45-20-17-42-4)25-30(38)34-12-15-46-21-18-43-5/h7-10,28H,11-25H2,1-6H3,(H,33,37)(H,34,38)(H,35,39)(H,40,41)/p-1. The quantitative estimate of drug-likeness (QED) is 0.0773. The second kappa shape index (κ2) is 25.3. The third-order valence-corrected chi connectivity index (χ3v) is 8.91. The number of rotatable bonds is 28. The van der Waals surface area contributed by atoms with Gasteiger partial charge in [0.2, 0.25) is 17.7 Å². The molecule has 1 rings (SSSR count). The van der Waals surface area contributed by atoms with Gasteiger partial charge in [-0.1, -0.05) is 32.9 Å². The Bertz CT molecular complexity index is 1090. The van der Waals surface area contributed by atoms with E-state index in [0.29, 0.717) is 45.2 Å². The number of benzene rings is 1. The summed E-state index contributed by atoms with van der Waals surface area (Å²) in [5, 5.41) is 7.25. The molecule has 0 bridgehead atoms. The Balaban J connectivity index is 3.17. The first-order chi connectivity index (χ1) is 23.3. The van der Waals surface area contributed by atoms with Gasteiger partial charge in [-0.25, -0.2) is 0 Å². The second-order valence-electron chi connectivity index (χ2n) is 11.8. The molecule has 49 heavy (non-hydrogen) atoms. The van der Waals surface area contributed by atoms with Crippen molar-refractivity contribution in [2.75, 3.05) is 114 Å². The van der Waals surface area contributed by atoms with Crippen LogP contribution in [0.2, 0.25) is 0 Å². The zero-order valence-corrected chi connectivity index (χ0v) is 30.7. The van der Waals surface area contributed by atoms with Gasteiger partial charge in [0.25, 0.3) is 0 Å². The minimum atomic E-state index is -4.22. The molecule has 1 aromatic rings. The van der Waals surface area contributed by atoms with Crippen LogP contribution < -0.4 is 25.4 Å². The van der Waals surface area contributed by atoms with Gasteiger partial charge in [-0.15, -0.1) is 0 Å². The van der Waals surface area contributed by atoms with E-state index >= 15 is 0 Å². The molecule has 0 aliphatic rings. The maximum absolute atomic E-state index is 13.7. The van der Waals surface area contributed by atoms with Crippen LogP contribution in [0.5, 0.6) is 5.75 Å². The molecule has 2 unspecified atom stereocenters.